The molecular weight excluding hydrogens is 504 g/mol. The Morgan fingerprint density at radius 2 is 1.88 bits per heavy atom. The van der Waals surface area contributed by atoms with Crippen LogP contribution in [0.2, 0.25) is 0 Å². The molecule has 0 radical (unpaired) electrons. The van der Waals surface area contributed by atoms with Gasteiger partial charge in [0.1, 0.15) is 16.9 Å². The summed E-state index contributed by atoms with van der Waals surface area (Å²) in [5.41, 5.74) is 4.27. The van der Waals surface area contributed by atoms with Gasteiger partial charge >= 0.3 is 0 Å². The van der Waals surface area contributed by atoms with Crippen LogP contribution in [0.25, 0.3) is 22.4 Å². The Balaban J connectivity index is 1.48. The topological polar surface area (TPSA) is 111 Å². The van der Waals surface area contributed by atoms with E-state index in [1.807, 2.05) is 44.3 Å². The molecule has 6 aromatic rings. The summed E-state index contributed by atoms with van der Waals surface area (Å²) in [6, 6.07) is 15.8. The Bertz CT molecular complexity index is 2030. The Hall–Kier alpha value is -5.56. The van der Waals surface area contributed by atoms with Crippen LogP contribution in [0.1, 0.15) is 46.0 Å². The first kappa shape index (κ1) is 24.8. The molecule has 0 spiro atoms. The van der Waals surface area contributed by atoms with Gasteiger partial charge in [0.25, 0.3) is 11.5 Å². The van der Waals surface area contributed by atoms with Crippen molar-refractivity contribution in [3.05, 3.63) is 118 Å². The van der Waals surface area contributed by atoms with Crippen molar-refractivity contribution in [3.63, 3.8) is 0 Å². The summed E-state index contributed by atoms with van der Waals surface area (Å²) in [5.74, 6) is 5.81. The molecule has 1 amide bonds. The zero-order valence-corrected chi connectivity index (χ0v) is 22.0. The molecule has 10 nitrogen and oxygen atoms in total. The van der Waals surface area contributed by atoms with Gasteiger partial charge in [-0.1, -0.05) is 42.3 Å². The molecule has 5 aromatic heterocycles. The van der Waals surface area contributed by atoms with E-state index in [0.29, 0.717) is 45.1 Å². The van der Waals surface area contributed by atoms with E-state index >= 15 is 0 Å². The van der Waals surface area contributed by atoms with Crippen molar-refractivity contribution >= 4 is 17.2 Å². The first-order valence-electron chi connectivity index (χ1n) is 12.6. The number of carbonyl (C=O) groups excluding carboxylic acids is 1. The fraction of sp³-hybridized carbons (Fsp3) is 0.133. The van der Waals surface area contributed by atoms with Gasteiger partial charge in [-0.2, -0.15) is 10.2 Å². The van der Waals surface area contributed by atoms with Crippen LogP contribution in [0.3, 0.4) is 0 Å². The Labute approximate surface area is 229 Å². The summed E-state index contributed by atoms with van der Waals surface area (Å²) < 4.78 is 4.74. The summed E-state index contributed by atoms with van der Waals surface area (Å²) in [7, 11) is 1.82. The van der Waals surface area contributed by atoms with Gasteiger partial charge in [0.05, 0.1) is 34.8 Å². The van der Waals surface area contributed by atoms with E-state index in [4.69, 9.17) is 4.98 Å². The largest absolute Gasteiger partial charge is 0.344 e. The highest BCUT2D eigenvalue weighted by molar-refractivity contribution is 6.01. The lowest BCUT2D eigenvalue weighted by Crippen LogP contribution is -2.31. The summed E-state index contributed by atoms with van der Waals surface area (Å²) in [4.78, 5) is 36.8. The molecule has 1 aromatic carbocycles. The van der Waals surface area contributed by atoms with Crippen molar-refractivity contribution in [3.8, 4) is 23.0 Å². The number of rotatable bonds is 4. The van der Waals surface area contributed by atoms with Crippen molar-refractivity contribution in [1.29, 1.82) is 0 Å². The highest BCUT2D eigenvalue weighted by Crippen LogP contribution is 2.25. The molecule has 40 heavy (non-hydrogen) atoms. The van der Waals surface area contributed by atoms with Gasteiger partial charge in [-0.05, 0) is 43.5 Å². The summed E-state index contributed by atoms with van der Waals surface area (Å²) >= 11 is 0. The predicted octanol–water partition coefficient (Wildman–Crippen LogP) is 3.34. The van der Waals surface area contributed by atoms with E-state index in [1.165, 1.54) is 4.40 Å². The predicted molar refractivity (Wildman–Crippen MR) is 150 cm³/mol. The van der Waals surface area contributed by atoms with Crippen LogP contribution >= 0.6 is 0 Å². The number of hydrogen-bond donors (Lipinski definition) is 1. The maximum Gasteiger partial charge on any atom is 0.267 e. The standard InChI is InChI=1S/C30H24N8O2/c1-19-25(28-31-15-8-16-37(28)35-19)29(39)33-20(2)27-26(22-9-5-4-6-10-22)30(40)38-23(11-7-12-24(38)34-27)14-13-21-17-32-36(3)18-21/h4-12,15-18,20H,1-3H3,(H,33,39). The van der Waals surface area contributed by atoms with Gasteiger partial charge in [-0.3, -0.25) is 18.7 Å². The van der Waals surface area contributed by atoms with E-state index in [0.717, 1.165) is 5.56 Å². The number of amides is 1. The molecule has 0 aliphatic rings. The van der Waals surface area contributed by atoms with Crippen LogP contribution in [0.4, 0.5) is 0 Å². The van der Waals surface area contributed by atoms with Crippen molar-refractivity contribution in [2.24, 2.45) is 7.05 Å². The normalized spacial score (nSPS) is 11.8. The molecule has 0 aliphatic heterocycles. The maximum absolute atomic E-state index is 14.1. The number of aromatic nitrogens is 7. The van der Waals surface area contributed by atoms with Crippen LogP contribution in [0.5, 0.6) is 0 Å². The van der Waals surface area contributed by atoms with Crippen molar-refractivity contribution in [1.82, 2.24) is 39.1 Å². The average Bonchev–Trinajstić information content (AvgIpc) is 3.53. The third-order valence-corrected chi connectivity index (χ3v) is 6.53. The zero-order chi connectivity index (χ0) is 27.8. The number of nitrogens with zero attached hydrogens (tertiary/aromatic N) is 7. The molecule has 0 saturated heterocycles. The number of fused-ring (bicyclic) bond motifs is 2. The molecule has 1 unspecified atom stereocenters. The second kappa shape index (κ2) is 9.96. The lowest BCUT2D eigenvalue weighted by Gasteiger charge is -2.18. The monoisotopic (exact) mass is 528 g/mol. The minimum Gasteiger partial charge on any atom is -0.344 e. The van der Waals surface area contributed by atoms with Gasteiger partial charge in [0.15, 0.2) is 5.65 Å². The Morgan fingerprint density at radius 1 is 1.05 bits per heavy atom. The van der Waals surface area contributed by atoms with Crippen LogP contribution in [-0.2, 0) is 7.05 Å². The fourth-order valence-electron chi connectivity index (χ4n) is 4.71. The minimum atomic E-state index is -0.608. The SMILES string of the molecule is Cc1nn2cccnc2c1C(=O)NC(C)c1nc2cccc(C#Cc3cnn(C)c3)n2c(=O)c1-c1ccccc1. The first-order valence-corrected chi connectivity index (χ1v) is 12.6. The lowest BCUT2D eigenvalue weighted by molar-refractivity contribution is 0.0940. The fourth-order valence-corrected chi connectivity index (χ4v) is 4.71. The molecule has 1 N–H and O–H groups in total. The molecule has 0 fully saturated rings. The second-order valence-electron chi connectivity index (χ2n) is 9.34. The minimum absolute atomic E-state index is 0.280. The van der Waals surface area contributed by atoms with E-state index in [-0.39, 0.29) is 11.5 Å². The number of nitrogens with one attached hydrogen (secondary N) is 1. The summed E-state index contributed by atoms with van der Waals surface area (Å²) in [6.07, 6.45) is 6.82. The van der Waals surface area contributed by atoms with Gasteiger partial charge in [0, 0.05) is 25.6 Å². The van der Waals surface area contributed by atoms with E-state index in [9.17, 15) is 9.59 Å². The molecular formula is C30H24N8O2. The molecule has 196 valence electrons. The van der Waals surface area contributed by atoms with Crippen LogP contribution in [0, 0.1) is 18.8 Å². The molecule has 0 saturated carbocycles. The quantitative estimate of drug-likeness (QED) is 0.352. The second-order valence-corrected chi connectivity index (χ2v) is 9.34. The number of pyridine rings is 1. The third kappa shape index (κ3) is 4.39. The highest BCUT2D eigenvalue weighted by Gasteiger charge is 2.25. The molecule has 1 atom stereocenters. The Kier molecular flexibility index (Phi) is 6.16. The van der Waals surface area contributed by atoms with Crippen LogP contribution in [0.15, 0.2) is 84.2 Å². The van der Waals surface area contributed by atoms with E-state index < -0.39 is 6.04 Å². The maximum atomic E-state index is 14.1. The number of benzene rings is 1. The molecule has 5 heterocycles. The van der Waals surface area contributed by atoms with Gasteiger partial charge in [0.2, 0.25) is 0 Å². The lowest BCUT2D eigenvalue weighted by atomic mass is 10.0. The smallest absolute Gasteiger partial charge is 0.267 e. The van der Waals surface area contributed by atoms with Crippen LogP contribution < -0.4 is 10.9 Å². The summed E-state index contributed by atoms with van der Waals surface area (Å²) in [6.45, 7) is 3.57. The average molecular weight is 529 g/mol. The summed E-state index contributed by atoms with van der Waals surface area (Å²) in [5, 5.41) is 11.6. The highest BCUT2D eigenvalue weighted by atomic mass is 16.2. The zero-order valence-electron chi connectivity index (χ0n) is 22.0. The Morgan fingerprint density at radius 3 is 2.65 bits per heavy atom. The molecule has 10 heteroatoms. The molecule has 0 bridgehead atoms. The van der Waals surface area contributed by atoms with Crippen molar-refractivity contribution in [2.75, 3.05) is 0 Å². The van der Waals surface area contributed by atoms with Crippen molar-refractivity contribution < 1.29 is 4.79 Å². The van der Waals surface area contributed by atoms with Gasteiger partial charge in [-0.25, -0.2) is 14.5 Å². The molecule has 0 aliphatic carbocycles. The van der Waals surface area contributed by atoms with Crippen molar-refractivity contribution in [2.45, 2.75) is 19.9 Å². The van der Waals surface area contributed by atoms with E-state index in [1.54, 1.807) is 65.2 Å². The number of hydrogen-bond acceptors (Lipinski definition) is 6. The first-order chi connectivity index (χ1) is 19.4. The molecule has 6 rings (SSSR count). The van der Waals surface area contributed by atoms with Crippen LogP contribution in [-0.4, -0.2) is 39.7 Å². The van der Waals surface area contributed by atoms with Gasteiger partial charge in [-0.15, -0.1) is 0 Å². The number of aryl methyl sites for hydroxylation is 2. The number of carbonyl (C=O) groups is 1. The van der Waals surface area contributed by atoms with E-state index in [2.05, 4.69) is 32.3 Å². The third-order valence-electron chi connectivity index (χ3n) is 6.53. The van der Waals surface area contributed by atoms with Gasteiger partial charge < -0.3 is 5.32 Å².